The predicted molar refractivity (Wildman–Crippen MR) is 77.9 cm³/mol. The van der Waals surface area contributed by atoms with Gasteiger partial charge >= 0.3 is 0 Å². The van der Waals surface area contributed by atoms with E-state index < -0.39 is 6.43 Å². The number of hydrogen-bond acceptors (Lipinski definition) is 4. The van der Waals surface area contributed by atoms with Gasteiger partial charge in [0, 0.05) is 11.4 Å². The Bertz CT molecular complexity index is 612. The summed E-state index contributed by atoms with van der Waals surface area (Å²) >= 11 is 1.69. The summed E-state index contributed by atoms with van der Waals surface area (Å²) in [5.41, 5.74) is 1.29. The Morgan fingerprint density at radius 1 is 1.35 bits per heavy atom. The third-order valence-corrected chi connectivity index (χ3v) is 4.83. The smallest absolute Gasteiger partial charge is 0.255 e. The number of aryl methyl sites for hydroxylation is 2. The van der Waals surface area contributed by atoms with E-state index in [1.54, 1.807) is 16.2 Å². The zero-order chi connectivity index (χ0) is 14.1. The van der Waals surface area contributed by atoms with Gasteiger partial charge in [-0.3, -0.25) is 0 Å². The average molecular weight is 297 g/mol. The molecule has 0 unspecified atom stereocenters. The Morgan fingerprint density at radius 3 is 2.95 bits per heavy atom. The zero-order valence-corrected chi connectivity index (χ0v) is 12.2. The van der Waals surface area contributed by atoms with Crippen LogP contribution in [0, 0.1) is 0 Å². The van der Waals surface area contributed by atoms with Crippen LogP contribution in [0.15, 0.2) is 6.33 Å². The Labute approximate surface area is 120 Å². The molecule has 0 aliphatic heterocycles. The molecule has 0 saturated carbocycles. The van der Waals surface area contributed by atoms with Gasteiger partial charge in [0.2, 0.25) is 0 Å². The van der Waals surface area contributed by atoms with Crippen molar-refractivity contribution >= 4 is 27.4 Å². The van der Waals surface area contributed by atoms with E-state index in [4.69, 9.17) is 0 Å². The van der Waals surface area contributed by atoms with Crippen LogP contribution in [0.1, 0.15) is 30.2 Å². The minimum atomic E-state index is -2.35. The van der Waals surface area contributed by atoms with Crippen molar-refractivity contribution in [1.82, 2.24) is 9.97 Å². The number of alkyl halides is 2. The van der Waals surface area contributed by atoms with E-state index in [9.17, 15) is 8.78 Å². The molecule has 6 heteroatoms. The van der Waals surface area contributed by atoms with Gasteiger partial charge in [-0.25, -0.2) is 18.7 Å². The molecule has 0 saturated heterocycles. The highest BCUT2D eigenvalue weighted by Gasteiger charge is 2.24. The monoisotopic (exact) mass is 297 g/mol. The molecule has 0 N–H and O–H groups in total. The van der Waals surface area contributed by atoms with Crippen LogP contribution >= 0.6 is 11.3 Å². The van der Waals surface area contributed by atoms with E-state index in [-0.39, 0.29) is 6.54 Å². The highest BCUT2D eigenvalue weighted by Crippen LogP contribution is 2.40. The molecular formula is C14H17F2N3S. The van der Waals surface area contributed by atoms with Gasteiger partial charge in [-0.15, -0.1) is 11.3 Å². The molecule has 20 heavy (non-hydrogen) atoms. The predicted octanol–water partition coefficient (Wildman–Crippen LogP) is 3.66. The van der Waals surface area contributed by atoms with Gasteiger partial charge in [0.15, 0.2) is 0 Å². The van der Waals surface area contributed by atoms with Gasteiger partial charge in [-0.2, -0.15) is 0 Å². The molecule has 3 nitrogen and oxygen atoms in total. The Morgan fingerprint density at radius 2 is 2.20 bits per heavy atom. The normalized spacial score (nSPS) is 14.2. The van der Waals surface area contributed by atoms with Gasteiger partial charge in [0.05, 0.1) is 11.9 Å². The maximum Gasteiger partial charge on any atom is 0.255 e. The van der Waals surface area contributed by atoms with Crippen molar-refractivity contribution in [1.29, 1.82) is 0 Å². The number of rotatable bonds is 5. The first-order chi connectivity index (χ1) is 9.70. The van der Waals surface area contributed by atoms with E-state index in [2.05, 4.69) is 9.97 Å². The van der Waals surface area contributed by atoms with Gasteiger partial charge in [-0.05, 0) is 31.2 Å². The third kappa shape index (κ3) is 2.37. The lowest BCUT2D eigenvalue weighted by molar-refractivity contribution is 0.154. The third-order valence-electron chi connectivity index (χ3n) is 3.63. The van der Waals surface area contributed by atoms with E-state index in [0.29, 0.717) is 12.4 Å². The number of nitrogens with zero attached hydrogens (tertiary/aromatic N) is 3. The Balaban J connectivity index is 2.09. The molecule has 0 fully saturated rings. The maximum absolute atomic E-state index is 12.8. The second-order valence-electron chi connectivity index (χ2n) is 5.07. The molecule has 1 aliphatic rings. The van der Waals surface area contributed by atoms with Crippen LogP contribution in [0.5, 0.6) is 0 Å². The van der Waals surface area contributed by atoms with Gasteiger partial charge < -0.3 is 4.90 Å². The van der Waals surface area contributed by atoms with Gasteiger partial charge in [0.1, 0.15) is 17.0 Å². The number of anilines is 1. The quantitative estimate of drug-likeness (QED) is 0.843. The Kier molecular flexibility index (Phi) is 3.83. The highest BCUT2D eigenvalue weighted by molar-refractivity contribution is 7.19. The summed E-state index contributed by atoms with van der Waals surface area (Å²) in [5.74, 6) is 0.691. The standard InChI is InChI=1S/C14H17F2N3S/c1-2-6-19(7-11(15)16)13-12-9-4-3-5-10(9)20-14(12)18-8-17-13/h8,11H,2-7H2,1H3. The second kappa shape index (κ2) is 5.60. The fourth-order valence-corrected chi connectivity index (χ4v) is 4.10. The fraction of sp³-hybridized carbons (Fsp3) is 0.571. The molecular weight excluding hydrogens is 280 g/mol. The minimum absolute atomic E-state index is 0.259. The van der Waals surface area contributed by atoms with Crippen molar-refractivity contribution in [3.63, 3.8) is 0 Å². The topological polar surface area (TPSA) is 29.0 Å². The molecule has 1 aliphatic carbocycles. The van der Waals surface area contributed by atoms with Crippen LogP contribution in [0.4, 0.5) is 14.6 Å². The fourth-order valence-electron chi connectivity index (χ4n) is 2.87. The van der Waals surface area contributed by atoms with E-state index in [0.717, 1.165) is 35.9 Å². The summed E-state index contributed by atoms with van der Waals surface area (Å²) in [7, 11) is 0. The molecule has 0 amide bonds. The lowest BCUT2D eigenvalue weighted by Crippen LogP contribution is -2.30. The molecule has 2 aromatic heterocycles. The number of halogens is 2. The molecule has 0 atom stereocenters. The van der Waals surface area contributed by atoms with Crippen molar-refractivity contribution in [3.05, 3.63) is 16.8 Å². The lowest BCUT2D eigenvalue weighted by atomic mass is 10.2. The second-order valence-corrected chi connectivity index (χ2v) is 6.16. The molecule has 0 spiro atoms. The summed E-state index contributed by atoms with van der Waals surface area (Å²) < 4.78 is 25.6. The van der Waals surface area contributed by atoms with Crippen molar-refractivity contribution in [2.75, 3.05) is 18.0 Å². The first-order valence-electron chi connectivity index (χ1n) is 6.99. The first-order valence-corrected chi connectivity index (χ1v) is 7.80. The molecule has 0 bridgehead atoms. The lowest BCUT2D eigenvalue weighted by Gasteiger charge is -2.23. The van der Waals surface area contributed by atoms with Gasteiger partial charge in [-0.1, -0.05) is 6.92 Å². The summed E-state index contributed by atoms with van der Waals surface area (Å²) in [4.78, 5) is 12.6. The van der Waals surface area contributed by atoms with Crippen molar-refractivity contribution in [2.24, 2.45) is 0 Å². The van der Waals surface area contributed by atoms with Gasteiger partial charge in [0.25, 0.3) is 6.43 Å². The van der Waals surface area contributed by atoms with Crippen LogP contribution in [0.2, 0.25) is 0 Å². The summed E-state index contributed by atoms with van der Waals surface area (Å²) in [5, 5.41) is 1.01. The molecule has 2 aromatic rings. The molecule has 2 heterocycles. The van der Waals surface area contributed by atoms with Crippen molar-refractivity contribution in [3.8, 4) is 0 Å². The van der Waals surface area contributed by atoms with Crippen LogP contribution in [0.3, 0.4) is 0 Å². The van der Waals surface area contributed by atoms with Crippen molar-refractivity contribution in [2.45, 2.75) is 39.0 Å². The summed E-state index contributed by atoms with van der Waals surface area (Å²) in [6, 6.07) is 0. The zero-order valence-electron chi connectivity index (χ0n) is 11.4. The summed E-state index contributed by atoms with van der Waals surface area (Å²) in [6.07, 6.45) is 3.22. The van der Waals surface area contributed by atoms with E-state index >= 15 is 0 Å². The molecule has 0 radical (unpaired) electrons. The average Bonchev–Trinajstić information content (AvgIpc) is 2.97. The number of fused-ring (bicyclic) bond motifs is 3. The van der Waals surface area contributed by atoms with E-state index in [1.807, 2.05) is 6.92 Å². The first kappa shape index (κ1) is 13.7. The van der Waals surface area contributed by atoms with Crippen LogP contribution in [-0.2, 0) is 12.8 Å². The van der Waals surface area contributed by atoms with Crippen LogP contribution in [-0.4, -0.2) is 29.5 Å². The SMILES string of the molecule is CCCN(CC(F)F)c1ncnc2sc3c(c12)CCC3. The number of thiophene rings is 1. The van der Waals surface area contributed by atoms with E-state index in [1.165, 1.54) is 16.8 Å². The van der Waals surface area contributed by atoms with Crippen molar-refractivity contribution < 1.29 is 8.78 Å². The van der Waals surface area contributed by atoms with Crippen LogP contribution in [0.25, 0.3) is 10.2 Å². The largest absolute Gasteiger partial charge is 0.350 e. The number of aromatic nitrogens is 2. The molecule has 108 valence electrons. The summed E-state index contributed by atoms with van der Waals surface area (Å²) in [6.45, 7) is 2.33. The number of hydrogen-bond donors (Lipinski definition) is 0. The molecule has 3 rings (SSSR count). The minimum Gasteiger partial charge on any atom is -0.350 e. The van der Waals surface area contributed by atoms with Crippen LogP contribution < -0.4 is 4.90 Å². The highest BCUT2D eigenvalue weighted by atomic mass is 32.1. The molecule has 0 aromatic carbocycles. The Hall–Kier alpha value is -1.30. The maximum atomic E-state index is 12.8.